The molecule has 4 aromatic heterocycles. The lowest BCUT2D eigenvalue weighted by molar-refractivity contribution is 0.511. The van der Waals surface area contributed by atoms with Gasteiger partial charge < -0.3 is 8.98 Å². The minimum Gasteiger partial charge on any atom is -0.448 e. The first-order chi connectivity index (χ1) is 13.9. The quantitative estimate of drug-likeness (QED) is 0.487. The Morgan fingerprint density at radius 1 is 1.21 bits per heavy atom. The monoisotopic (exact) mass is 431 g/mol. The van der Waals surface area contributed by atoms with E-state index in [1.165, 1.54) is 7.05 Å². The van der Waals surface area contributed by atoms with Crippen molar-refractivity contribution in [2.45, 2.75) is 11.8 Å². The molecule has 0 radical (unpaired) electrons. The molecule has 8 nitrogen and oxygen atoms in total. The lowest BCUT2D eigenvalue weighted by atomic mass is 10.1. The van der Waals surface area contributed by atoms with E-state index in [4.69, 9.17) is 16.0 Å². The zero-order valence-corrected chi connectivity index (χ0v) is 17.6. The Bertz CT molecular complexity index is 1390. The summed E-state index contributed by atoms with van der Waals surface area (Å²) in [7, 11) is 5.04. The van der Waals surface area contributed by atoms with Crippen LogP contribution in [-0.4, -0.2) is 29.2 Å². The maximum atomic E-state index is 13.2. The molecule has 0 amide bonds. The molecule has 0 aromatic carbocycles. The number of rotatable bonds is 2. The second-order valence-corrected chi connectivity index (χ2v) is 8.70. The number of aryl methyl sites for hydroxylation is 2. The summed E-state index contributed by atoms with van der Waals surface area (Å²) in [5.74, 6) is 1.53. The molecule has 150 valence electrons. The van der Waals surface area contributed by atoms with Gasteiger partial charge in [-0.25, -0.2) is 4.79 Å². The summed E-state index contributed by atoms with van der Waals surface area (Å²) in [6, 6.07) is 3.55. The Morgan fingerprint density at radius 2 is 2.00 bits per heavy atom. The fraction of sp³-hybridized carbons (Fsp3) is 0.316. The molecule has 0 N–H and O–H groups in total. The van der Waals surface area contributed by atoms with Gasteiger partial charge in [0.2, 0.25) is 0 Å². The summed E-state index contributed by atoms with van der Waals surface area (Å²) in [5, 5.41) is 4.93. The first-order valence-corrected chi connectivity index (χ1v) is 10.5. The molecule has 0 aliphatic carbocycles. The van der Waals surface area contributed by atoms with Crippen LogP contribution in [0, 0.1) is 0 Å². The Labute approximate surface area is 174 Å². The molecule has 29 heavy (non-hydrogen) atoms. The van der Waals surface area contributed by atoms with E-state index in [2.05, 4.69) is 9.67 Å². The third-order valence-electron chi connectivity index (χ3n) is 5.38. The normalized spacial score (nSPS) is 16.5. The van der Waals surface area contributed by atoms with Gasteiger partial charge in [-0.05, 0) is 23.7 Å². The zero-order chi connectivity index (χ0) is 20.4. The molecule has 0 saturated heterocycles. The fourth-order valence-corrected chi connectivity index (χ4v) is 5.47. The second kappa shape index (κ2) is 6.43. The van der Waals surface area contributed by atoms with Gasteiger partial charge in [-0.3, -0.25) is 18.6 Å². The van der Waals surface area contributed by atoms with Crippen molar-refractivity contribution in [2.75, 3.05) is 5.75 Å². The molecule has 4 aromatic rings. The predicted octanol–water partition coefficient (Wildman–Crippen LogP) is 2.52. The van der Waals surface area contributed by atoms with E-state index in [9.17, 15) is 9.59 Å². The van der Waals surface area contributed by atoms with Crippen LogP contribution in [0.25, 0.3) is 22.2 Å². The van der Waals surface area contributed by atoms with Crippen LogP contribution in [0.1, 0.15) is 16.7 Å². The van der Waals surface area contributed by atoms with E-state index in [1.807, 2.05) is 19.3 Å². The number of nitrogens with zero attached hydrogens (tertiary/aromatic N) is 5. The highest BCUT2D eigenvalue weighted by Gasteiger charge is 2.34. The van der Waals surface area contributed by atoms with Gasteiger partial charge in [0.05, 0.1) is 28.5 Å². The molecule has 5 rings (SSSR count). The van der Waals surface area contributed by atoms with E-state index in [-0.39, 0.29) is 16.5 Å². The molecule has 0 fully saturated rings. The Kier molecular flexibility index (Phi) is 4.08. The van der Waals surface area contributed by atoms with Gasteiger partial charge in [-0.1, -0.05) is 0 Å². The van der Waals surface area contributed by atoms with E-state index >= 15 is 0 Å². The molecular formula is C19H18ClN5O3S. The van der Waals surface area contributed by atoms with Gasteiger partial charge in [0.15, 0.2) is 5.22 Å². The van der Waals surface area contributed by atoms with Crippen molar-refractivity contribution in [3.63, 3.8) is 0 Å². The Morgan fingerprint density at radius 3 is 2.66 bits per heavy atom. The summed E-state index contributed by atoms with van der Waals surface area (Å²) in [4.78, 5) is 26.0. The lowest BCUT2D eigenvalue weighted by Gasteiger charge is -2.25. The van der Waals surface area contributed by atoms with Gasteiger partial charge >= 0.3 is 5.69 Å². The molecular weight excluding hydrogens is 414 g/mol. The Balaban J connectivity index is 1.96. The highest BCUT2D eigenvalue weighted by Crippen LogP contribution is 2.46. The number of furan rings is 1. The van der Waals surface area contributed by atoms with Gasteiger partial charge in [0.25, 0.3) is 5.56 Å². The molecule has 1 atom stereocenters. The molecule has 1 unspecified atom stereocenters. The number of aromatic nitrogens is 5. The number of halogens is 1. The van der Waals surface area contributed by atoms with Crippen LogP contribution in [-0.2, 0) is 27.7 Å². The highest BCUT2D eigenvalue weighted by atomic mass is 35.5. The summed E-state index contributed by atoms with van der Waals surface area (Å²) in [6.07, 6.45) is 3.63. The Hall–Kier alpha value is -2.65. The minimum absolute atomic E-state index is 0.179. The van der Waals surface area contributed by atoms with E-state index in [1.54, 1.807) is 40.3 Å². The van der Waals surface area contributed by atoms with Gasteiger partial charge in [0, 0.05) is 45.2 Å². The first-order valence-electron chi connectivity index (χ1n) is 9.06. The minimum atomic E-state index is -0.361. The van der Waals surface area contributed by atoms with Crippen molar-refractivity contribution in [1.29, 1.82) is 0 Å². The SMILES string of the molecule is Cn1cc(-c2c3c(=O)n(C)c(=O)n(C)c3c3n2CCSC3c2ccc(Cl)o2)cn1. The van der Waals surface area contributed by atoms with E-state index in [0.717, 1.165) is 27.3 Å². The topological polar surface area (TPSA) is 79.9 Å². The van der Waals surface area contributed by atoms with Crippen molar-refractivity contribution in [2.24, 2.45) is 21.1 Å². The third kappa shape index (κ3) is 2.57. The van der Waals surface area contributed by atoms with Gasteiger partial charge in [-0.2, -0.15) is 5.10 Å². The smallest absolute Gasteiger partial charge is 0.331 e. The predicted molar refractivity (Wildman–Crippen MR) is 113 cm³/mol. The number of thioether (sulfide) groups is 1. The van der Waals surface area contributed by atoms with Crippen molar-refractivity contribution >= 4 is 34.3 Å². The number of hydrogen-bond acceptors (Lipinski definition) is 5. The first kappa shape index (κ1) is 18.4. The number of hydrogen-bond donors (Lipinski definition) is 0. The number of fused-ring (bicyclic) bond motifs is 3. The van der Waals surface area contributed by atoms with Crippen LogP contribution in [0.2, 0.25) is 5.22 Å². The van der Waals surface area contributed by atoms with Crippen LogP contribution in [0.4, 0.5) is 0 Å². The van der Waals surface area contributed by atoms with Gasteiger partial charge in [0.1, 0.15) is 11.0 Å². The average molecular weight is 432 g/mol. The molecule has 5 heterocycles. The standard InChI is InChI=1S/C19H18ClN5O3S/c1-22-9-10(8-21-22)14-13-15(23(2)19(27)24(3)18(13)26)16-17(29-7-6-25(14)16)11-4-5-12(20)28-11/h4-5,8-9,17H,6-7H2,1-3H3. The van der Waals surface area contributed by atoms with Crippen molar-refractivity contribution in [3.05, 3.63) is 62.0 Å². The zero-order valence-electron chi connectivity index (χ0n) is 16.0. The summed E-state index contributed by atoms with van der Waals surface area (Å²) < 4.78 is 12.2. The second-order valence-electron chi connectivity index (χ2n) is 7.11. The van der Waals surface area contributed by atoms with Crippen LogP contribution in [0.3, 0.4) is 0 Å². The van der Waals surface area contributed by atoms with E-state index in [0.29, 0.717) is 28.4 Å². The summed E-state index contributed by atoms with van der Waals surface area (Å²) in [5.41, 5.74) is 2.44. The third-order valence-corrected chi connectivity index (χ3v) is 6.79. The molecule has 0 bridgehead atoms. The molecule has 1 aliphatic rings. The fourth-order valence-electron chi connectivity index (χ4n) is 4.11. The van der Waals surface area contributed by atoms with Crippen LogP contribution >= 0.6 is 23.4 Å². The molecule has 0 saturated carbocycles. The van der Waals surface area contributed by atoms with Crippen molar-refractivity contribution in [3.8, 4) is 11.3 Å². The average Bonchev–Trinajstić information content (AvgIpc) is 3.41. The molecule has 0 spiro atoms. The van der Waals surface area contributed by atoms with E-state index < -0.39 is 0 Å². The lowest BCUT2D eigenvalue weighted by Crippen LogP contribution is -2.37. The van der Waals surface area contributed by atoms with Crippen molar-refractivity contribution < 1.29 is 4.42 Å². The maximum Gasteiger partial charge on any atom is 0.331 e. The van der Waals surface area contributed by atoms with Crippen LogP contribution in [0.15, 0.2) is 38.5 Å². The molecule has 10 heteroatoms. The van der Waals surface area contributed by atoms with Crippen LogP contribution in [0.5, 0.6) is 0 Å². The largest absolute Gasteiger partial charge is 0.448 e. The summed E-state index contributed by atoms with van der Waals surface area (Å²) >= 11 is 7.74. The van der Waals surface area contributed by atoms with Crippen molar-refractivity contribution in [1.82, 2.24) is 23.5 Å². The highest BCUT2D eigenvalue weighted by molar-refractivity contribution is 7.99. The maximum absolute atomic E-state index is 13.2. The van der Waals surface area contributed by atoms with Crippen LogP contribution < -0.4 is 11.2 Å². The molecule has 1 aliphatic heterocycles. The summed E-state index contributed by atoms with van der Waals surface area (Å²) in [6.45, 7) is 0.710. The van der Waals surface area contributed by atoms with Gasteiger partial charge in [-0.15, -0.1) is 11.8 Å².